The first-order valence-electron chi connectivity index (χ1n) is 9.72. The summed E-state index contributed by atoms with van der Waals surface area (Å²) in [7, 11) is 0. The molecule has 7 heteroatoms. The molecule has 0 radical (unpaired) electrons. The maximum atomic E-state index is 13.0. The van der Waals surface area contributed by atoms with Gasteiger partial charge in [0.25, 0.3) is 5.56 Å². The van der Waals surface area contributed by atoms with Crippen LogP contribution in [0, 0.1) is 0 Å². The molecule has 1 atom stereocenters. The molecule has 3 heterocycles. The Bertz CT molecular complexity index is 1130. The highest BCUT2D eigenvalue weighted by Gasteiger charge is 2.29. The van der Waals surface area contributed by atoms with E-state index in [0.717, 1.165) is 41.6 Å². The van der Waals surface area contributed by atoms with Gasteiger partial charge in [-0.05, 0) is 56.2 Å². The minimum absolute atomic E-state index is 0.0585. The van der Waals surface area contributed by atoms with Gasteiger partial charge >= 0.3 is 0 Å². The molecule has 5 rings (SSSR count). The van der Waals surface area contributed by atoms with Crippen LogP contribution in [0.4, 0.5) is 5.69 Å². The summed E-state index contributed by atoms with van der Waals surface area (Å²) >= 11 is 2.98. The van der Waals surface area contributed by atoms with Gasteiger partial charge < -0.3 is 9.88 Å². The Morgan fingerprint density at radius 2 is 2.07 bits per heavy atom. The number of nitrogens with one attached hydrogen (secondary N) is 1. The molecule has 1 aliphatic carbocycles. The molecule has 0 spiro atoms. The van der Waals surface area contributed by atoms with E-state index >= 15 is 0 Å². The number of aromatic amines is 1. The number of carbonyl (C=O) groups excluding carboxylic acids is 1. The van der Waals surface area contributed by atoms with Crippen molar-refractivity contribution in [2.24, 2.45) is 0 Å². The predicted molar refractivity (Wildman–Crippen MR) is 115 cm³/mol. The fraction of sp³-hybridized carbons (Fsp3) is 0.381. The highest BCUT2D eigenvalue weighted by molar-refractivity contribution is 8.00. The molecule has 2 aromatic heterocycles. The van der Waals surface area contributed by atoms with Crippen molar-refractivity contribution in [2.75, 3.05) is 11.4 Å². The maximum Gasteiger partial charge on any atom is 0.260 e. The lowest BCUT2D eigenvalue weighted by molar-refractivity contribution is -0.117. The normalized spacial score (nSPS) is 16.8. The second-order valence-electron chi connectivity index (χ2n) is 7.39. The Kier molecular flexibility index (Phi) is 4.51. The Hall–Kier alpha value is -2.12. The van der Waals surface area contributed by atoms with Crippen LogP contribution in [0.5, 0.6) is 0 Å². The Morgan fingerprint density at radius 3 is 2.96 bits per heavy atom. The first-order chi connectivity index (χ1) is 13.6. The van der Waals surface area contributed by atoms with E-state index in [2.05, 4.69) is 16.0 Å². The number of rotatable bonds is 3. The molecule has 1 aliphatic heterocycles. The predicted octanol–water partition coefficient (Wildman–Crippen LogP) is 3.93. The minimum Gasteiger partial charge on any atom is -0.311 e. The lowest BCUT2D eigenvalue weighted by atomic mass is 9.97. The van der Waals surface area contributed by atoms with Gasteiger partial charge in [0.2, 0.25) is 5.91 Å². The molecule has 28 heavy (non-hydrogen) atoms. The Labute approximate surface area is 171 Å². The number of para-hydroxylation sites is 1. The number of hydrogen-bond acceptors (Lipinski definition) is 5. The van der Waals surface area contributed by atoms with Crippen LogP contribution in [0.15, 0.2) is 34.2 Å². The summed E-state index contributed by atoms with van der Waals surface area (Å²) in [5.41, 5.74) is 3.33. The summed E-state index contributed by atoms with van der Waals surface area (Å²) in [6, 6.07) is 8.05. The van der Waals surface area contributed by atoms with Gasteiger partial charge in [0.05, 0.1) is 10.6 Å². The van der Waals surface area contributed by atoms with Crippen molar-refractivity contribution < 1.29 is 4.79 Å². The van der Waals surface area contributed by atoms with Gasteiger partial charge in [0.15, 0.2) is 5.16 Å². The maximum absolute atomic E-state index is 13.0. The molecular formula is C21H21N3O2S2. The number of nitrogens with zero attached hydrogens (tertiary/aromatic N) is 2. The summed E-state index contributed by atoms with van der Waals surface area (Å²) in [6.45, 7) is 2.60. The van der Waals surface area contributed by atoms with Crippen molar-refractivity contribution in [1.82, 2.24) is 9.97 Å². The van der Waals surface area contributed by atoms with Crippen LogP contribution >= 0.6 is 23.1 Å². The number of aryl methyl sites for hydroxylation is 2. The van der Waals surface area contributed by atoms with Crippen LogP contribution in [0.2, 0.25) is 0 Å². The first kappa shape index (κ1) is 17.9. The molecule has 5 nitrogen and oxygen atoms in total. The number of benzene rings is 1. The molecule has 1 aromatic carbocycles. The van der Waals surface area contributed by atoms with Gasteiger partial charge in [-0.1, -0.05) is 30.0 Å². The van der Waals surface area contributed by atoms with Crippen molar-refractivity contribution in [3.63, 3.8) is 0 Å². The summed E-state index contributed by atoms with van der Waals surface area (Å²) in [4.78, 5) is 37.3. The summed E-state index contributed by atoms with van der Waals surface area (Å²) < 4.78 is 0. The first-order valence-corrected chi connectivity index (χ1v) is 11.4. The van der Waals surface area contributed by atoms with Gasteiger partial charge in [-0.2, -0.15) is 0 Å². The standard InChI is InChI=1S/C21H21N3O2S2/c1-12(20(26)24-11-10-13-6-2-4-8-15(13)24)27-21-22-18(25)17-14-7-3-5-9-16(14)28-19(17)23-21/h2,4,6,8,12H,3,5,7,9-11H2,1H3,(H,22,23,25). The number of carbonyl (C=O) groups is 1. The third kappa shape index (κ3) is 2.97. The number of H-pyrrole nitrogens is 1. The van der Waals surface area contributed by atoms with Gasteiger partial charge in [0, 0.05) is 17.1 Å². The molecule has 0 bridgehead atoms. The second-order valence-corrected chi connectivity index (χ2v) is 9.80. The monoisotopic (exact) mass is 411 g/mol. The molecule has 3 aromatic rings. The molecule has 1 N–H and O–H groups in total. The van der Waals surface area contributed by atoms with Crippen LogP contribution in [-0.4, -0.2) is 27.7 Å². The molecule has 0 saturated heterocycles. The number of aromatic nitrogens is 2. The largest absolute Gasteiger partial charge is 0.311 e. The van der Waals surface area contributed by atoms with Crippen molar-refractivity contribution in [3.05, 3.63) is 50.6 Å². The van der Waals surface area contributed by atoms with Crippen LogP contribution < -0.4 is 10.5 Å². The molecule has 2 aliphatic rings. The molecule has 0 fully saturated rings. The van der Waals surface area contributed by atoms with Crippen LogP contribution in [-0.2, 0) is 24.1 Å². The Morgan fingerprint density at radius 1 is 1.25 bits per heavy atom. The van der Waals surface area contributed by atoms with E-state index in [9.17, 15) is 9.59 Å². The average molecular weight is 412 g/mol. The van der Waals surface area contributed by atoms with Crippen LogP contribution in [0.3, 0.4) is 0 Å². The summed E-state index contributed by atoms with van der Waals surface area (Å²) in [6.07, 6.45) is 5.22. The quantitative estimate of drug-likeness (QED) is 0.524. The zero-order valence-corrected chi connectivity index (χ0v) is 17.3. The van der Waals surface area contributed by atoms with E-state index in [1.54, 1.807) is 11.3 Å². The second kappa shape index (κ2) is 7.04. The zero-order chi connectivity index (χ0) is 19.3. The molecule has 1 unspecified atom stereocenters. The lowest BCUT2D eigenvalue weighted by Crippen LogP contribution is -2.35. The number of amides is 1. The van der Waals surface area contributed by atoms with E-state index in [1.165, 1.54) is 34.2 Å². The van der Waals surface area contributed by atoms with E-state index in [1.807, 2.05) is 30.0 Å². The van der Waals surface area contributed by atoms with Gasteiger partial charge in [0.1, 0.15) is 4.83 Å². The van der Waals surface area contributed by atoms with Crippen molar-refractivity contribution >= 4 is 44.9 Å². The summed E-state index contributed by atoms with van der Waals surface area (Å²) in [5.74, 6) is 0.0585. The van der Waals surface area contributed by atoms with Crippen molar-refractivity contribution in [1.29, 1.82) is 0 Å². The summed E-state index contributed by atoms with van der Waals surface area (Å²) in [5, 5.41) is 0.974. The third-order valence-electron chi connectivity index (χ3n) is 5.59. The Balaban J connectivity index is 1.41. The third-order valence-corrected chi connectivity index (χ3v) is 7.75. The number of thioether (sulfide) groups is 1. The SMILES string of the molecule is CC(Sc1nc2sc3c(c2c(=O)[nH]1)CCCC3)C(=O)N1CCc2ccccc21. The zero-order valence-electron chi connectivity index (χ0n) is 15.7. The highest BCUT2D eigenvalue weighted by atomic mass is 32.2. The number of anilines is 1. The molecular weight excluding hydrogens is 390 g/mol. The van der Waals surface area contributed by atoms with Crippen molar-refractivity contribution in [3.8, 4) is 0 Å². The molecule has 1 amide bonds. The minimum atomic E-state index is -0.318. The average Bonchev–Trinajstić information content (AvgIpc) is 3.28. The van der Waals surface area contributed by atoms with Gasteiger partial charge in [-0.15, -0.1) is 11.3 Å². The van der Waals surface area contributed by atoms with Crippen LogP contribution in [0.25, 0.3) is 10.2 Å². The number of hydrogen-bond donors (Lipinski definition) is 1. The molecule has 144 valence electrons. The van der Waals surface area contributed by atoms with E-state index < -0.39 is 0 Å². The van der Waals surface area contributed by atoms with E-state index in [-0.39, 0.29) is 16.7 Å². The van der Waals surface area contributed by atoms with Gasteiger partial charge in [-0.3, -0.25) is 9.59 Å². The highest BCUT2D eigenvalue weighted by Crippen LogP contribution is 2.35. The lowest BCUT2D eigenvalue weighted by Gasteiger charge is -2.21. The van der Waals surface area contributed by atoms with Crippen molar-refractivity contribution in [2.45, 2.75) is 49.4 Å². The number of thiophene rings is 1. The van der Waals surface area contributed by atoms with Gasteiger partial charge in [-0.25, -0.2) is 4.98 Å². The fourth-order valence-electron chi connectivity index (χ4n) is 4.20. The fourth-order valence-corrected chi connectivity index (χ4v) is 6.38. The van der Waals surface area contributed by atoms with E-state index in [0.29, 0.717) is 11.7 Å². The van der Waals surface area contributed by atoms with E-state index in [4.69, 9.17) is 0 Å². The topological polar surface area (TPSA) is 66.1 Å². The molecule has 0 saturated carbocycles. The smallest absolute Gasteiger partial charge is 0.260 e. The van der Waals surface area contributed by atoms with Crippen LogP contribution in [0.1, 0.15) is 35.8 Å². The number of fused-ring (bicyclic) bond motifs is 4.